The van der Waals surface area contributed by atoms with E-state index in [0.29, 0.717) is 11.7 Å². The molecule has 1 rings (SSSR count). The monoisotopic (exact) mass is 238 g/mol. The molecule has 0 aliphatic heterocycles. The van der Waals surface area contributed by atoms with Crippen molar-refractivity contribution in [1.82, 2.24) is 4.98 Å². The lowest BCUT2D eigenvalue weighted by Gasteiger charge is -2.09. The van der Waals surface area contributed by atoms with Gasteiger partial charge in [-0.3, -0.25) is 0 Å². The number of aromatic nitrogens is 1. The van der Waals surface area contributed by atoms with Gasteiger partial charge < -0.3 is 15.5 Å². The van der Waals surface area contributed by atoms with Gasteiger partial charge >= 0.3 is 5.97 Å². The van der Waals surface area contributed by atoms with Crippen molar-refractivity contribution in [1.29, 1.82) is 0 Å². The number of rotatable bonds is 7. The molecule has 0 bridgehead atoms. The van der Waals surface area contributed by atoms with Crippen LogP contribution in [0.3, 0.4) is 0 Å². The molecule has 0 amide bonds. The summed E-state index contributed by atoms with van der Waals surface area (Å²) in [4.78, 5) is 14.6. The van der Waals surface area contributed by atoms with Crippen LogP contribution in [-0.2, 0) is 0 Å². The molecule has 0 saturated heterocycles. The highest BCUT2D eigenvalue weighted by Gasteiger charge is 2.04. The number of aliphatic hydroxyl groups excluding tert-OH is 1. The average Bonchev–Trinajstić information content (AvgIpc) is 2.34. The Labute approximate surface area is 101 Å². The Morgan fingerprint density at radius 1 is 1.53 bits per heavy atom. The van der Waals surface area contributed by atoms with E-state index >= 15 is 0 Å². The molecule has 5 heteroatoms. The summed E-state index contributed by atoms with van der Waals surface area (Å²) < 4.78 is 0. The quantitative estimate of drug-likeness (QED) is 0.628. The topological polar surface area (TPSA) is 82.5 Å². The summed E-state index contributed by atoms with van der Waals surface area (Å²) in [6.45, 7) is 2.91. The second-order valence-electron chi connectivity index (χ2n) is 4.07. The second kappa shape index (κ2) is 6.85. The minimum atomic E-state index is -1.03. The third-order valence-electron chi connectivity index (χ3n) is 2.46. The van der Waals surface area contributed by atoms with E-state index in [1.165, 1.54) is 6.07 Å². The standard InChI is InChI=1S/C12H18N2O3/c1-9(8-15)4-3-7-13-11-6-2-5-10(14-11)12(16)17/h2,5-6,9,15H,3-4,7-8H2,1H3,(H,13,14)(H,16,17). The van der Waals surface area contributed by atoms with Crippen LogP contribution in [0.4, 0.5) is 5.82 Å². The first kappa shape index (κ1) is 13.4. The highest BCUT2D eigenvalue weighted by Crippen LogP contribution is 2.07. The largest absolute Gasteiger partial charge is 0.477 e. The lowest BCUT2D eigenvalue weighted by atomic mass is 10.1. The summed E-state index contributed by atoms with van der Waals surface area (Å²) in [7, 11) is 0. The molecule has 0 saturated carbocycles. The van der Waals surface area contributed by atoms with Crippen molar-refractivity contribution in [2.75, 3.05) is 18.5 Å². The molecule has 1 aromatic rings. The molecule has 1 aromatic heterocycles. The maximum absolute atomic E-state index is 10.7. The van der Waals surface area contributed by atoms with Gasteiger partial charge in [-0.15, -0.1) is 0 Å². The molecular weight excluding hydrogens is 220 g/mol. The van der Waals surface area contributed by atoms with Crippen LogP contribution in [0.15, 0.2) is 18.2 Å². The Hall–Kier alpha value is -1.62. The van der Waals surface area contributed by atoms with E-state index in [1.54, 1.807) is 12.1 Å². The van der Waals surface area contributed by atoms with Crippen molar-refractivity contribution in [3.63, 3.8) is 0 Å². The molecule has 0 radical (unpaired) electrons. The lowest BCUT2D eigenvalue weighted by molar-refractivity contribution is 0.0690. The number of nitrogens with one attached hydrogen (secondary N) is 1. The van der Waals surface area contributed by atoms with Crippen molar-refractivity contribution < 1.29 is 15.0 Å². The summed E-state index contributed by atoms with van der Waals surface area (Å²) in [5.41, 5.74) is 0.0405. The van der Waals surface area contributed by atoms with Crippen molar-refractivity contribution in [3.05, 3.63) is 23.9 Å². The fraction of sp³-hybridized carbons (Fsp3) is 0.500. The first-order valence-electron chi connectivity index (χ1n) is 5.68. The molecule has 5 nitrogen and oxygen atoms in total. The number of pyridine rings is 1. The van der Waals surface area contributed by atoms with Crippen molar-refractivity contribution >= 4 is 11.8 Å². The molecule has 94 valence electrons. The van der Waals surface area contributed by atoms with Gasteiger partial charge in [-0.1, -0.05) is 13.0 Å². The predicted molar refractivity (Wildman–Crippen MR) is 65.2 cm³/mol. The van der Waals surface area contributed by atoms with E-state index in [0.717, 1.165) is 19.4 Å². The van der Waals surface area contributed by atoms with Crippen LogP contribution in [0, 0.1) is 5.92 Å². The summed E-state index contributed by atoms with van der Waals surface area (Å²) in [5, 5.41) is 20.7. The summed E-state index contributed by atoms with van der Waals surface area (Å²) in [6.07, 6.45) is 1.85. The van der Waals surface area contributed by atoms with Crippen molar-refractivity contribution in [3.8, 4) is 0 Å². The van der Waals surface area contributed by atoms with Crippen LogP contribution in [0.25, 0.3) is 0 Å². The third kappa shape index (κ3) is 4.82. The Bertz CT molecular complexity index is 369. The zero-order valence-electron chi connectivity index (χ0n) is 9.89. The zero-order valence-corrected chi connectivity index (χ0v) is 9.89. The number of anilines is 1. The first-order chi connectivity index (χ1) is 8.13. The van der Waals surface area contributed by atoms with E-state index in [-0.39, 0.29) is 12.3 Å². The average molecular weight is 238 g/mol. The number of hydrogen-bond donors (Lipinski definition) is 3. The third-order valence-corrected chi connectivity index (χ3v) is 2.46. The summed E-state index contributed by atoms with van der Waals surface area (Å²) in [5.74, 6) is -0.154. The summed E-state index contributed by atoms with van der Waals surface area (Å²) in [6, 6.07) is 4.86. The molecular formula is C12H18N2O3. The van der Waals surface area contributed by atoms with Gasteiger partial charge in [-0.05, 0) is 30.9 Å². The Morgan fingerprint density at radius 3 is 2.94 bits per heavy atom. The molecule has 0 fully saturated rings. The van der Waals surface area contributed by atoms with Crippen molar-refractivity contribution in [2.24, 2.45) is 5.92 Å². The van der Waals surface area contributed by atoms with E-state index in [1.807, 2.05) is 6.92 Å². The van der Waals surface area contributed by atoms with Crippen LogP contribution in [0.5, 0.6) is 0 Å². The van der Waals surface area contributed by atoms with Gasteiger partial charge in [0, 0.05) is 13.2 Å². The molecule has 0 spiro atoms. The van der Waals surface area contributed by atoms with Gasteiger partial charge in [0.2, 0.25) is 0 Å². The second-order valence-corrected chi connectivity index (χ2v) is 4.07. The molecule has 1 heterocycles. The minimum absolute atomic E-state index is 0.0405. The fourth-order valence-corrected chi connectivity index (χ4v) is 1.41. The van der Waals surface area contributed by atoms with Crippen LogP contribution in [0.1, 0.15) is 30.3 Å². The van der Waals surface area contributed by atoms with E-state index in [4.69, 9.17) is 10.2 Å². The number of hydrogen-bond acceptors (Lipinski definition) is 4. The van der Waals surface area contributed by atoms with E-state index in [9.17, 15) is 4.79 Å². The molecule has 1 unspecified atom stereocenters. The predicted octanol–water partition coefficient (Wildman–Crippen LogP) is 1.60. The van der Waals surface area contributed by atoms with Gasteiger partial charge in [0.1, 0.15) is 5.82 Å². The Balaban J connectivity index is 2.36. The normalized spacial score (nSPS) is 12.1. The van der Waals surface area contributed by atoms with Crippen LogP contribution < -0.4 is 5.32 Å². The fourth-order valence-electron chi connectivity index (χ4n) is 1.41. The highest BCUT2D eigenvalue weighted by molar-refractivity contribution is 5.85. The van der Waals surface area contributed by atoms with Gasteiger partial charge in [-0.25, -0.2) is 9.78 Å². The number of carboxylic acid groups (broad SMARTS) is 1. The van der Waals surface area contributed by atoms with E-state index < -0.39 is 5.97 Å². The molecule has 17 heavy (non-hydrogen) atoms. The first-order valence-corrected chi connectivity index (χ1v) is 5.68. The number of carbonyl (C=O) groups is 1. The van der Waals surface area contributed by atoms with Crippen LogP contribution in [-0.4, -0.2) is 34.3 Å². The number of carboxylic acids is 1. The number of nitrogens with zero attached hydrogens (tertiary/aromatic N) is 1. The maximum atomic E-state index is 10.7. The Morgan fingerprint density at radius 2 is 2.29 bits per heavy atom. The molecule has 0 aliphatic carbocycles. The lowest BCUT2D eigenvalue weighted by Crippen LogP contribution is -2.09. The highest BCUT2D eigenvalue weighted by atomic mass is 16.4. The molecule has 1 atom stereocenters. The van der Waals surface area contributed by atoms with E-state index in [2.05, 4.69) is 10.3 Å². The van der Waals surface area contributed by atoms with Crippen molar-refractivity contribution in [2.45, 2.75) is 19.8 Å². The maximum Gasteiger partial charge on any atom is 0.354 e. The molecule has 0 aromatic carbocycles. The minimum Gasteiger partial charge on any atom is -0.477 e. The van der Waals surface area contributed by atoms with Gasteiger partial charge in [-0.2, -0.15) is 0 Å². The van der Waals surface area contributed by atoms with Crippen LogP contribution >= 0.6 is 0 Å². The zero-order chi connectivity index (χ0) is 12.7. The molecule has 3 N–H and O–H groups in total. The number of aliphatic hydroxyl groups is 1. The Kier molecular flexibility index (Phi) is 5.42. The summed E-state index contributed by atoms with van der Waals surface area (Å²) >= 11 is 0. The van der Waals surface area contributed by atoms with Gasteiger partial charge in [0.05, 0.1) is 0 Å². The van der Waals surface area contributed by atoms with Crippen LogP contribution in [0.2, 0.25) is 0 Å². The molecule has 0 aliphatic rings. The van der Waals surface area contributed by atoms with Gasteiger partial charge in [0.25, 0.3) is 0 Å². The number of aromatic carboxylic acids is 1. The SMILES string of the molecule is CC(CO)CCCNc1cccc(C(=O)O)n1. The smallest absolute Gasteiger partial charge is 0.354 e. The van der Waals surface area contributed by atoms with Gasteiger partial charge in [0.15, 0.2) is 5.69 Å².